The Labute approximate surface area is 125 Å². The van der Waals surface area contributed by atoms with Gasteiger partial charge in [0.25, 0.3) is 0 Å². The summed E-state index contributed by atoms with van der Waals surface area (Å²) >= 11 is 0. The SMILES string of the molecule is CCC1CCNC(C(=O)Nc2ccc3ncccc3c2)C1. The Morgan fingerprint density at radius 3 is 3.19 bits per heavy atom. The third-order valence-electron chi connectivity index (χ3n) is 4.28. The first-order chi connectivity index (χ1) is 10.3. The molecule has 0 radical (unpaired) electrons. The van der Waals surface area contributed by atoms with Crippen LogP contribution in [-0.4, -0.2) is 23.5 Å². The molecule has 0 saturated carbocycles. The lowest BCUT2D eigenvalue weighted by Crippen LogP contribution is -2.46. The molecule has 1 aliphatic rings. The number of nitrogens with zero attached hydrogens (tertiary/aromatic N) is 1. The Hall–Kier alpha value is -1.94. The summed E-state index contributed by atoms with van der Waals surface area (Å²) in [5.74, 6) is 0.721. The van der Waals surface area contributed by atoms with Gasteiger partial charge in [0.05, 0.1) is 11.6 Å². The normalized spacial score (nSPS) is 22.1. The second-order valence-corrected chi connectivity index (χ2v) is 5.71. The summed E-state index contributed by atoms with van der Waals surface area (Å²) in [5, 5.41) is 7.38. The third-order valence-corrected chi connectivity index (χ3v) is 4.28. The summed E-state index contributed by atoms with van der Waals surface area (Å²) in [7, 11) is 0. The van der Waals surface area contributed by atoms with Crippen LogP contribution in [0, 0.1) is 5.92 Å². The largest absolute Gasteiger partial charge is 0.325 e. The van der Waals surface area contributed by atoms with Gasteiger partial charge < -0.3 is 10.6 Å². The molecule has 2 N–H and O–H groups in total. The highest BCUT2D eigenvalue weighted by atomic mass is 16.2. The molecule has 4 nitrogen and oxygen atoms in total. The molecule has 1 aliphatic heterocycles. The molecular formula is C17H21N3O. The number of nitrogens with one attached hydrogen (secondary N) is 2. The van der Waals surface area contributed by atoms with Gasteiger partial charge in [0.15, 0.2) is 0 Å². The van der Waals surface area contributed by atoms with Gasteiger partial charge in [-0.25, -0.2) is 0 Å². The average molecular weight is 283 g/mol. The average Bonchev–Trinajstić information content (AvgIpc) is 2.54. The number of hydrogen-bond acceptors (Lipinski definition) is 3. The Morgan fingerprint density at radius 1 is 1.43 bits per heavy atom. The van der Waals surface area contributed by atoms with Gasteiger partial charge in [0.2, 0.25) is 5.91 Å². The summed E-state index contributed by atoms with van der Waals surface area (Å²) < 4.78 is 0. The monoisotopic (exact) mass is 283 g/mol. The van der Waals surface area contributed by atoms with Crippen LogP contribution >= 0.6 is 0 Å². The molecule has 4 heteroatoms. The van der Waals surface area contributed by atoms with E-state index in [2.05, 4.69) is 22.5 Å². The van der Waals surface area contributed by atoms with Crippen LogP contribution in [0.5, 0.6) is 0 Å². The molecule has 2 heterocycles. The number of carbonyl (C=O) groups is 1. The van der Waals surface area contributed by atoms with Crippen molar-refractivity contribution in [3.63, 3.8) is 0 Å². The fraction of sp³-hybridized carbons (Fsp3) is 0.412. The Bertz CT molecular complexity index is 641. The molecule has 1 saturated heterocycles. The molecule has 2 aromatic rings. The number of piperidine rings is 1. The van der Waals surface area contributed by atoms with Gasteiger partial charge in [-0.2, -0.15) is 0 Å². The van der Waals surface area contributed by atoms with Crippen molar-refractivity contribution < 1.29 is 4.79 Å². The standard InChI is InChI=1S/C17H21N3O/c1-2-12-7-9-19-16(10-12)17(21)20-14-5-6-15-13(11-14)4-3-8-18-15/h3-6,8,11-12,16,19H,2,7,9-10H2,1H3,(H,20,21). The van der Waals surface area contributed by atoms with Crippen molar-refractivity contribution in [2.45, 2.75) is 32.2 Å². The van der Waals surface area contributed by atoms with Crippen molar-refractivity contribution >= 4 is 22.5 Å². The zero-order chi connectivity index (χ0) is 14.7. The molecule has 1 aromatic carbocycles. The molecule has 1 amide bonds. The quantitative estimate of drug-likeness (QED) is 0.910. The van der Waals surface area contributed by atoms with Crippen molar-refractivity contribution in [1.82, 2.24) is 10.3 Å². The van der Waals surface area contributed by atoms with Crippen LogP contribution in [0.4, 0.5) is 5.69 Å². The number of hydrogen-bond donors (Lipinski definition) is 2. The first-order valence-corrected chi connectivity index (χ1v) is 7.65. The van der Waals surface area contributed by atoms with E-state index >= 15 is 0 Å². The molecule has 0 aliphatic carbocycles. The zero-order valence-electron chi connectivity index (χ0n) is 12.3. The maximum Gasteiger partial charge on any atom is 0.241 e. The van der Waals surface area contributed by atoms with Gasteiger partial charge in [0, 0.05) is 17.3 Å². The first-order valence-electron chi connectivity index (χ1n) is 7.65. The van der Waals surface area contributed by atoms with Crippen molar-refractivity contribution in [2.75, 3.05) is 11.9 Å². The predicted octanol–water partition coefficient (Wildman–Crippen LogP) is 2.95. The highest BCUT2D eigenvalue weighted by Crippen LogP contribution is 2.21. The number of fused-ring (bicyclic) bond motifs is 1. The minimum atomic E-state index is -0.0757. The fourth-order valence-electron chi connectivity index (χ4n) is 2.95. The number of amides is 1. The topological polar surface area (TPSA) is 54.0 Å². The van der Waals surface area contributed by atoms with Gasteiger partial charge in [-0.15, -0.1) is 0 Å². The lowest BCUT2D eigenvalue weighted by molar-refractivity contribution is -0.119. The molecule has 110 valence electrons. The van der Waals surface area contributed by atoms with Crippen LogP contribution in [0.25, 0.3) is 10.9 Å². The number of rotatable bonds is 3. The molecular weight excluding hydrogens is 262 g/mol. The molecule has 0 spiro atoms. The lowest BCUT2D eigenvalue weighted by Gasteiger charge is -2.28. The summed E-state index contributed by atoms with van der Waals surface area (Å²) in [6, 6.07) is 9.65. The third kappa shape index (κ3) is 3.22. The Morgan fingerprint density at radius 2 is 2.33 bits per heavy atom. The number of carbonyl (C=O) groups excluding carboxylic acids is 1. The number of benzene rings is 1. The van der Waals surface area contributed by atoms with Crippen LogP contribution < -0.4 is 10.6 Å². The molecule has 2 unspecified atom stereocenters. The van der Waals surface area contributed by atoms with E-state index in [0.717, 1.165) is 36.0 Å². The smallest absolute Gasteiger partial charge is 0.241 e. The van der Waals surface area contributed by atoms with E-state index in [9.17, 15) is 4.79 Å². The van der Waals surface area contributed by atoms with Crippen molar-refractivity contribution in [3.8, 4) is 0 Å². The van der Waals surface area contributed by atoms with E-state index in [1.54, 1.807) is 6.20 Å². The van der Waals surface area contributed by atoms with Crippen LogP contribution in [0.15, 0.2) is 36.5 Å². The van der Waals surface area contributed by atoms with Gasteiger partial charge in [0.1, 0.15) is 0 Å². The molecule has 1 fully saturated rings. The highest BCUT2D eigenvalue weighted by Gasteiger charge is 2.25. The molecule has 2 atom stereocenters. The molecule has 3 rings (SSSR count). The summed E-state index contributed by atoms with van der Waals surface area (Å²) in [6.07, 6.45) is 5.02. The van der Waals surface area contributed by atoms with E-state index in [1.807, 2.05) is 30.3 Å². The van der Waals surface area contributed by atoms with Crippen LogP contribution in [0.3, 0.4) is 0 Å². The highest BCUT2D eigenvalue weighted by molar-refractivity contribution is 5.96. The van der Waals surface area contributed by atoms with Crippen LogP contribution in [0.1, 0.15) is 26.2 Å². The minimum Gasteiger partial charge on any atom is -0.325 e. The Kier molecular flexibility index (Phi) is 4.15. The van der Waals surface area contributed by atoms with E-state index in [-0.39, 0.29) is 11.9 Å². The maximum absolute atomic E-state index is 12.4. The minimum absolute atomic E-state index is 0.0661. The van der Waals surface area contributed by atoms with Crippen molar-refractivity contribution in [1.29, 1.82) is 0 Å². The van der Waals surface area contributed by atoms with E-state index < -0.39 is 0 Å². The Balaban J connectivity index is 1.70. The second-order valence-electron chi connectivity index (χ2n) is 5.71. The van der Waals surface area contributed by atoms with E-state index in [0.29, 0.717) is 5.92 Å². The summed E-state index contributed by atoms with van der Waals surface area (Å²) in [5.41, 5.74) is 1.78. The second kappa shape index (κ2) is 6.22. The summed E-state index contributed by atoms with van der Waals surface area (Å²) in [4.78, 5) is 16.7. The lowest BCUT2D eigenvalue weighted by atomic mass is 9.90. The van der Waals surface area contributed by atoms with E-state index in [4.69, 9.17) is 0 Å². The fourth-order valence-corrected chi connectivity index (χ4v) is 2.95. The number of aromatic nitrogens is 1. The van der Waals surface area contributed by atoms with Gasteiger partial charge >= 0.3 is 0 Å². The predicted molar refractivity (Wildman–Crippen MR) is 85.2 cm³/mol. The maximum atomic E-state index is 12.4. The molecule has 21 heavy (non-hydrogen) atoms. The van der Waals surface area contributed by atoms with Crippen LogP contribution in [-0.2, 0) is 4.79 Å². The van der Waals surface area contributed by atoms with Crippen molar-refractivity contribution in [2.24, 2.45) is 5.92 Å². The van der Waals surface area contributed by atoms with Crippen molar-refractivity contribution in [3.05, 3.63) is 36.5 Å². The summed E-state index contributed by atoms with van der Waals surface area (Å²) in [6.45, 7) is 3.12. The van der Waals surface area contributed by atoms with Gasteiger partial charge in [-0.1, -0.05) is 19.4 Å². The van der Waals surface area contributed by atoms with Crippen LogP contribution in [0.2, 0.25) is 0 Å². The molecule has 0 bridgehead atoms. The van der Waals surface area contributed by atoms with Gasteiger partial charge in [-0.3, -0.25) is 9.78 Å². The number of pyridine rings is 1. The number of anilines is 1. The zero-order valence-corrected chi connectivity index (χ0v) is 12.3. The van der Waals surface area contributed by atoms with Gasteiger partial charge in [-0.05, 0) is 49.6 Å². The van der Waals surface area contributed by atoms with E-state index in [1.165, 1.54) is 6.42 Å². The first kappa shape index (κ1) is 14.0. The molecule has 1 aromatic heterocycles.